The molecule has 1 N–H and O–H groups in total. The molecule has 0 bridgehead atoms. The zero-order valence-corrected chi connectivity index (χ0v) is 14.5. The molecule has 2 heteroatoms. The predicted octanol–water partition coefficient (Wildman–Crippen LogP) is 4.08. The normalized spacial score (nSPS) is 19.9. The van der Waals surface area contributed by atoms with Crippen LogP contribution in [0, 0.1) is 19.3 Å². The maximum atomic E-state index is 3.77. The molecular formula is C19H32N2. The summed E-state index contributed by atoms with van der Waals surface area (Å²) in [6.45, 7) is 16.1. The second-order valence-electron chi connectivity index (χ2n) is 7.52. The van der Waals surface area contributed by atoms with E-state index < -0.39 is 0 Å². The van der Waals surface area contributed by atoms with Crippen molar-refractivity contribution >= 4 is 0 Å². The number of hydrogen-bond acceptors (Lipinski definition) is 2. The van der Waals surface area contributed by atoms with Gasteiger partial charge in [0.05, 0.1) is 0 Å². The van der Waals surface area contributed by atoms with Gasteiger partial charge in [-0.2, -0.15) is 0 Å². The largest absolute Gasteiger partial charge is 0.309 e. The summed E-state index contributed by atoms with van der Waals surface area (Å²) in [4.78, 5) is 2.63. The first-order chi connectivity index (χ1) is 9.91. The SMILES string of the molecule is CCCNC(CN1CCC(C)(C)C1)c1cc(C)ccc1C. The third kappa shape index (κ3) is 4.55. The number of aryl methyl sites for hydroxylation is 2. The Kier molecular flexibility index (Phi) is 5.45. The molecule has 1 aromatic carbocycles. The van der Waals surface area contributed by atoms with E-state index in [1.54, 1.807) is 0 Å². The first-order valence-corrected chi connectivity index (χ1v) is 8.44. The van der Waals surface area contributed by atoms with Gasteiger partial charge in [0.1, 0.15) is 0 Å². The van der Waals surface area contributed by atoms with Crippen LogP contribution in [0.3, 0.4) is 0 Å². The number of likely N-dealkylation sites (tertiary alicyclic amines) is 1. The molecule has 1 fully saturated rings. The summed E-state index contributed by atoms with van der Waals surface area (Å²) < 4.78 is 0. The van der Waals surface area contributed by atoms with E-state index in [9.17, 15) is 0 Å². The van der Waals surface area contributed by atoms with Crippen LogP contribution >= 0.6 is 0 Å². The fourth-order valence-corrected chi connectivity index (χ4v) is 3.36. The van der Waals surface area contributed by atoms with Crippen molar-refractivity contribution in [3.63, 3.8) is 0 Å². The van der Waals surface area contributed by atoms with E-state index in [4.69, 9.17) is 0 Å². The van der Waals surface area contributed by atoms with Crippen molar-refractivity contribution in [3.8, 4) is 0 Å². The molecule has 118 valence electrons. The topological polar surface area (TPSA) is 15.3 Å². The van der Waals surface area contributed by atoms with Crippen molar-refractivity contribution in [1.82, 2.24) is 10.2 Å². The highest BCUT2D eigenvalue weighted by atomic mass is 15.2. The second kappa shape index (κ2) is 6.93. The lowest BCUT2D eigenvalue weighted by Gasteiger charge is -2.27. The van der Waals surface area contributed by atoms with Crippen molar-refractivity contribution in [1.29, 1.82) is 0 Å². The molecule has 0 saturated carbocycles. The zero-order chi connectivity index (χ0) is 15.5. The highest BCUT2D eigenvalue weighted by Gasteiger charge is 2.30. The van der Waals surface area contributed by atoms with Gasteiger partial charge in [-0.25, -0.2) is 0 Å². The molecule has 1 unspecified atom stereocenters. The van der Waals surface area contributed by atoms with Crippen molar-refractivity contribution < 1.29 is 0 Å². The van der Waals surface area contributed by atoms with E-state index in [0.717, 1.165) is 13.1 Å². The molecule has 21 heavy (non-hydrogen) atoms. The van der Waals surface area contributed by atoms with Crippen LogP contribution in [0.5, 0.6) is 0 Å². The van der Waals surface area contributed by atoms with E-state index in [0.29, 0.717) is 11.5 Å². The van der Waals surface area contributed by atoms with Crippen LogP contribution in [0.1, 0.15) is 56.3 Å². The number of hydrogen-bond donors (Lipinski definition) is 1. The predicted molar refractivity (Wildman–Crippen MR) is 91.8 cm³/mol. The van der Waals surface area contributed by atoms with Gasteiger partial charge in [-0.3, -0.25) is 0 Å². The lowest BCUT2D eigenvalue weighted by molar-refractivity contribution is 0.260. The first-order valence-electron chi connectivity index (χ1n) is 8.44. The Morgan fingerprint density at radius 2 is 2.05 bits per heavy atom. The average molecular weight is 288 g/mol. The Hall–Kier alpha value is -0.860. The second-order valence-corrected chi connectivity index (χ2v) is 7.52. The maximum Gasteiger partial charge on any atom is 0.0452 e. The molecule has 2 nitrogen and oxygen atoms in total. The van der Waals surface area contributed by atoms with Gasteiger partial charge >= 0.3 is 0 Å². The quantitative estimate of drug-likeness (QED) is 0.848. The fraction of sp³-hybridized carbons (Fsp3) is 0.684. The molecule has 2 rings (SSSR count). The summed E-state index contributed by atoms with van der Waals surface area (Å²) in [6.07, 6.45) is 2.51. The summed E-state index contributed by atoms with van der Waals surface area (Å²) in [5, 5.41) is 3.77. The van der Waals surface area contributed by atoms with E-state index >= 15 is 0 Å². The fourth-order valence-electron chi connectivity index (χ4n) is 3.36. The van der Waals surface area contributed by atoms with E-state index in [1.807, 2.05) is 0 Å². The molecule has 1 aromatic rings. The average Bonchev–Trinajstić information content (AvgIpc) is 2.77. The summed E-state index contributed by atoms with van der Waals surface area (Å²) in [5.41, 5.74) is 4.73. The third-order valence-corrected chi connectivity index (χ3v) is 4.65. The first kappa shape index (κ1) is 16.5. The minimum atomic E-state index is 0.457. The summed E-state index contributed by atoms with van der Waals surface area (Å²) in [6, 6.07) is 7.30. The van der Waals surface area contributed by atoms with Gasteiger partial charge in [-0.1, -0.05) is 44.5 Å². The van der Waals surface area contributed by atoms with Gasteiger partial charge in [0.2, 0.25) is 0 Å². The van der Waals surface area contributed by atoms with Crippen molar-refractivity contribution in [2.45, 2.75) is 53.5 Å². The smallest absolute Gasteiger partial charge is 0.0452 e. The molecule has 1 atom stereocenters. The standard InChI is InChI=1S/C19H32N2/c1-6-10-20-18(13-21-11-9-19(4,5)14-21)17-12-15(2)7-8-16(17)3/h7-8,12,18,20H,6,9-11,13-14H2,1-5H3. The minimum absolute atomic E-state index is 0.457. The van der Waals surface area contributed by atoms with E-state index in [-0.39, 0.29) is 0 Å². The Morgan fingerprint density at radius 3 is 2.67 bits per heavy atom. The zero-order valence-electron chi connectivity index (χ0n) is 14.5. The third-order valence-electron chi connectivity index (χ3n) is 4.65. The molecule has 0 spiro atoms. The van der Waals surface area contributed by atoms with Crippen LogP contribution < -0.4 is 5.32 Å². The molecule has 1 saturated heterocycles. The Morgan fingerprint density at radius 1 is 1.29 bits per heavy atom. The minimum Gasteiger partial charge on any atom is -0.309 e. The highest BCUT2D eigenvalue weighted by molar-refractivity contribution is 5.33. The molecule has 1 aliphatic heterocycles. The Balaban J connectivity index is 2.12. The van der Waals surface area contributed by atoms with Crippen molar-refractivity contribution in [2.24, 2.45) is 5.41 Å². The number of nitrogens with zero attached hydrogens (tertiary/aromatic N) is 1. The molecule has 0 radical (unpaired) electrons. The summed E-state index contributed by atoms with van der Waals surface area (Å²) in [5.74, 6) is 0. The Bertz CT molecular complexity index is 465. The van der Waals surface area contributed by atoms with Crippen LogP contribution in [-0.2, 0) is 0 Å². The molecule has 1 heterocycles. The van der Waals surface area contributed by atoms with Gasteiger partial charge in [0.15, 0.2) is 0 Å². The van der Waals surface area contributed by atoms with Crippen molar-refractivity contribution in [2.75, 3.05) is 26.2 Å². The van der Waals surface area contributed by atoms with Crippen LogP contribution in [0.25, 0.3) is 0 Å². The maximum absolute atomic E-state index is 3.77. The van der Waals surface area contributed by atoms with Crippen LogP contribution in [0.15, 0.2) is 18.2 Å². The highest BCUT2D eigenvalue weighted by Crippen LogP contribution is 2.30. The summed E-state index contributed by atoms with van der Waals surface area (Å²) in [7, 11) is 0. The summed E-state index contributed by atoms with van der Waals surface area (Å²) >= 11 is 0. The van der Waals surface area contributed by atoms with Gasteiger partial charge < -0.3 is 10.2 Å². The number of benzene rings is 1. The van der Waals surface area contributed by atoms with Gasteiger partial charge in [0, 0.05) is 19.1 Å². The molecule has 1 aliphatic rings. The van der Waals surface area contributed by atoms with Crippen molar-refractivity contribution in [3.05, 3.63) is 34.9 Å². The van der Waals surface area contributed by atoms with Crippen LogP contribution in [-0.4, -0.2) is 31.1 Å². The van der Waals surface area contributed by atoms with E-state index in [2.05, 4.69) is 63.0 Å². The molecular weight excluding hydrogens is 256 g/mol. The van der Waals surface area contributed by atoms with Crippen LogP contribution in [0.2, 0.25) is 0 Å². The monoisotopic (exact) mass is 288 g/mol. The molecule has 0 aromatic heterocycles. The number of rotatable bonds is 6. The molecule has 0 aliphatic carbocycles. The van der Waals surface area contributed by atoms with Gasteiger partial charge in [-0.15, -0.1) is 0 Å². The number of nitrogens with one attached hydrogen (secondary N) is 1. The van der Waals surface area contributed by atoms with E-state index in [1.165, 1.54) is 42.6 Å². The van der Waals surface area contributed by atoms with Gasteiger partial charge in [0.25, 0.3) is 0 Å². The Labute approximate surface area is 130 Å². The van der Waals surface area contributed by atoms with Crippen LogP contribution in [0.4, 0.5) is 0 Å². The lowest BCUT2D eigenvalue weighted by atomic mass is 9.93. The van der Waals surface area contributed by atoms with Gasteiger partial charge in [-0.05, 0) is 56.3 Å². The lowest BCUT2D eigenvalue weighted by Crippen LogP contribution is -2.35. The molecule has 0 amide bonds.